The van der Waals surface area contributed by atoms with E-state index in [4.69, 9.17) is 0 Å². The molecule has 0 unspecified atom stereocenters. The van der Waals surface area contributed by atoms with Crippen LogP contribution in [0.5, 0.6) is 0 Å². The number of hydrogen-bond acceptors (Lipinski definition) is 1. The number of hydrogen-bond donors (Lipinski definition) is 1. The molecule has 1 nitrogen and oxygen atoms in total. The van der Waals surface area contributed by atoms with Crippen molar-refractivity contribution in [2.24, 2.45) is 11.8 Å². The first kappa shape index (κ1) is 13.6. The molecule has 0 heterocycles. The summed E-state index contributed by atoms with van der Waals surface area (Å²) in [5.74, 6) is 1.95. The van der Waals surface area contributed by atoms with Crippen molar-refractivity contribution in [1.29, 1.82) is 0 Å². The molecule has 0 aliphatic heterocycles. The average molecular weight is 245 g/mol. The summed E-state index contributed by atoms with van der Waals surface area (Å²) < 4.78 is 0. The third-order valence-corrected chi connectivity index (χ3v) is 4.28. The summed E-state index contributed by atoms with van der Waals surface area (Å²) in [6.45, 7) is 6.75. The molecule has 1 fully saturated rings. The summed E-state index contributed by atoms with van der Waals surface area (Å²) in [7, 11) is 0. The van der Waals surface area contributed by atoms with Gasteiger partial charge in [0.05, 0.1) is 0 Å². The summed E-state index contributed by atoms with van der Waals surface area (Å²) in [6.07, 6.45) is 7.16. The van der Waals surface area contributed by atoms with Gasteiger partial charge in [-0.3, -0.25) is 0 Å². The molecule has 0 radical (unpaired) electrons. The number of rotatable bonds is 5. The van der Waals surface area contributed by atoms with Crippen molar-refractivity contribution in [3.63, 3.8) is 0 Å². The molecule has 100 valence electrons. The van der Waals surface area contributed by atoms with Gasteiger partial charge < -0.3 is 5.32 Å². The molecule has 0 bridgehead atoms. The van der Waals surface area contributed by atoms with Crippen molar-refractivity contribution in [2.75, 3.05) is 6.54 Å². The van der Waals surface area contributed by atoms with Gasteiger partial charge in [0, 0.05) is 6.54 Å². The van der Waals surface area contributed by atoms with Gasteiger partial charge in [0.25, 0.3) is 0 Å². The number of aryl methyl sites for hydroxylation is 1. The zero-order valence-corrected chi connectivity index (χ0v) is 11.9. The minimum Gasteiger partial charge on any atom is -0.313 e. The summed E-state index contributed by atoms with van der Waals surface area (Å²) in [5, 5.41) is 3.59. The van der Waals surface area contributed by atoms with Gasteiger partial charge in [-0.05, 0) is 37.3 Å². The maximum absolute atomic E-state index is 3.59. The maximum atomic E-state index is 3.59. The van der Waals surface area contributed by atoms with E-state index >= 15 is 0 Å². The lowest BCUT2D eigenvalue weighted by atomic mass is 9.81. The van der Waals surface area contributed by atoms with Crippen LogP contribution in [-0.4, -0.2) is 6.54 Å². The van der Waals surface area contributed by atoms with E-state index in [1.165, 1.54) is 49.8 Å². The first-order chi connectivity index (χ1) is 8.74. The van der Waals surface area contributed by atoms with Crippen molar-refractivity contribution in [3.8, 4) is 0 Å². The quantitative estimate of drug-likeness (QED) is 0.763. The van der Waals surface area contributed by atoms with Crippen molar-refractivity contribution in [1.82, 2.24) is 5.32 Å². The molecule has 1 heteroatoms. The van der Waals surface area contributed by atoms with Gasteiger partial charge in [0.1, 0.15) is 0 Å². The van der Waals surface area contributed by atoms with Crippen LogP contribution < -0.4 is 5.32 Å². The molecule has 1 aromatic carbocycles. The van der Waals surface area contributed by atoms with Crippen LogP contribution in [0.4, 0.5) is 0 Å². The lowest BCUT2D eigenvalue weighted by molar-refractivity contribution is 0.275. The molecular weight excluding hydrogens is 218 g/mol. The molecule has 0 aromatic heterocycles. The van der Waals surface area contributed by atoms with Gasteiger partial charge in [-0.2, -0.15) is 0 Å². The number of nitrogens with one attached hydrogen (secondary N) is 1. The van der Waals surface area contributed by atoms with Gasteiger partial charge in [-0.1, -0.05) is 62.4 Å². The Kier molecular flexibility index (Phi) is 5.25. The fourth-order valence-corrected chi connectivity index (χ4v) is 2.98. The Morgan fingerprint density at radius 1 is 1.17 bits per heavy atom. The fourth-order valence-electron chi connectivity index (χ4n) is 2.98. The summed E-state index contributed by atoms with van der Waals surface area (Å²) in [6, 6.07) is 8.79. The Balaban J connectivity index is 1.61. The normalized spacial score (nSPS) is 24.1. The number of benzene rings is 1. The van der Waals surface area contributed by atoms with Crippen molar-refractivity contribution >= 4 is 0 Å². The smallest absolute Gasteiger partial charge is 0.0205 e. The van der Waals surface area contributed by atoms with Gasteiger partial charge in [-0.25, -0.2) is 0 Å². The Morgan fingerprint density at radius 3 is 2.67 bits per heavy atom. The molecule has 2 rings (SSSR count). The zero-order chi connectivity index (χ0) is 12.8. The molecule has 1 saturated carbocycles. The van der Waals surface area contributed by atoms with Gasteiger partial charge >= 0.3 is 0 Å². The average Bonchev–Trinajstić information content (AvgIpc) is 2.37. The van der Waals surface area contributed by atoms with Crippen LogP contribution in [0, 0.1) is 18.8 Å². The highest BCUT2D eigenvalue weighted by Crippen LogP contribution is 2.29. The largest absolute Gasteiger partial charge is 0.313 e. The highest BCUT2D eigenvalue weighted by atomic mass is 14.8. The van der Waals surface area contributed by atoms with Crippen LogP contribution in [0.1, 0.15) is 50.2 Å². The third kappa shape index (κ3) is 4.45. The van der Waals surface area contributed by atoms with E-state index in [9.17, 15) is 0 Å². The minimum absolute atomic E-state index is 0.974. The van der Waals surface area contributed by atoms with Crippen LogP contribution in [0.15, 0.2) is 24.3 Å². The Morgan fingerprint density at radius 2 is 1.94 bits per heavy atom. The topological polar surface area (TPSA) is 12.0 Å². The Bertz CT molecular complexity index is 350. The van der Waals surface area contributed by atoms with Gasteiger partial charge in [0.15, 0.2) is 0 Å². The van der Waals surface area contributed by atoms with E-state index in [2.05, 4.69) is 43.4 Å². The third-order valence-electron chi connectivity index (χ3n) is 4.28. The Labute approximate surface area is 112 Å². The first-order valence-electron chi connectivity index (χ1n) is 7.50. The molecule has 1 aliphatic carbocycles. The summed E-state index contributed by atoms with van der Waals surface area (Å²) in [4.78, 5) is 0. The van der Waals surface area contributed by atoms with E-state index in [-0.39, 0.29) is 0 Å². The molecule has 0 amide bonds. The van der Waals surface area contributed by atoms with Crippen LogP contribution in [0.25, 0.3) is 0 Å². The van der Waals surface area contributed by atoms with Crippen molar-refractivity contribution < 1.29 is 0 Å². The molecule has 1 N–H and O–H groups in total. The summed E-state index contributed by atoms with van der Waals surface area (Å²) in [5.41, 5.74) is 2.77. The second kappa shape index (κ2) is 6.94. The van der Waals surface area contributed by atoms with Crippen LogP contribution in [-0.2, 0) is 6.54 Å². The van der Waals surface area contributed by atoms with Gasteiger partial charge in [-0.15, -0.1) is 0 Å². The Hall–Kier alpha value is -0.820. The van der Waals surface area contributed by atoms with E-state index in [0.717, 1.165) is 18.4 Å². The minimum atomic E-state index is 0.974. The predicted molar refractivity (Wildman–Crippen MR) is 78.6 cm³/mol. The van der Waals surface area contributed by atoms with E-state index in [0.29, 0.717) is 0 Å². The van der Waals surface area contributed by atoms with Crippen LogP contribution >= 0.6 is 0 Å². The second-order valence-corrected chi connectivity index (χ2v) is 6.08. The SMILES string of the molecule is Cc1cccc(CNCCC2CCC(C)CC2)c1. The molecule has 1 aromatic rings. The lowest BCUT2D eigenvalue weighted by Gasteiger charge is -2.26. The second-order valence-electron chi connectivity index (χ2n) is 6.08. The lowest BCUT2D eigenvalue weighted by Crippen LogP contribution is -2.20. The van der Waals surface area contributed by atoms with E-state index in [1.54, 1.807) is 0 Å². The highest BCUT2D eigenvalue weighted by molar-refractivity contribution is 5.21. The van der Waals surface area contributed by atoms with Crippen LogP contribution in [0.2, 0.25) is 0 Å². The molecule has 0 atom stereocenters. The predicted octanol–water partition coefficient (Wildman–Crippen LogP) is 4.30. The standard InChI is InChI=1S/C17H27N/c1-14-6-8-16(9-7-14)10-11-18-13-17-5-3-4-15(2)12-17/h3-5,12,14,16,18H,6-11,13H2,1-2H3. The first-order valence-corrected chi connectivity index (χ1v) is 7.50. The molecule has 0 spiro atoms. The zero-order valence-electron chi connectivity index (χ0n) is 11.9. The molecule has 0 saturated heterocycles. The molecule has 1 aliphatic rings. The van der Waals surface area contributed by atoms with Crippen LogP contribution in [0.3, 0.4) is 0 Å². The monoisotopic (exact) mass is 245 g/mol. The fraction of sp³-hybridized carbons (Fsp3) is 0.647. The molecular formula is C17H27N. The highest BCUT2D eigenvalue weighted by Gasteiger charge is 2.17. The van der Waals surface area contributed by atoms with Gasteiger partial charge in [0.2, 0.25) is 0 Å². The molecule has 18 heavy (non-hydrogen) atoms. The maximum Gasteiger partial charge on any atom is 0.0205 e. The summed E-state index contributed by atoms with van der Waals surface area (Å²) >= 11 is 0. The van der Waals surface area contributed by atoms with Crippen molar-refractivity contribution in [2.45, 2.75) is 52.5 Å². The van der Waals surface area contributed by atoms with E-state index < -0.39 is 0 Å². The van der Waals surface area contributed by atoms with Crippen molar-refractivity contribution in [3.05, 3.63) is 35.4 Å². The van der Waals surface area contributed by atoms with E-state index in [1.807, 2.05) is 0 Å².